The number of aromatic nitrogens is 2. The summed E-state index contributed by atoms with van der Waals surface area (Å²) in [6.45, 7) is 2.23. The van der Waals surface area contributed by atoms with E-state index in [2.05, 4.69) is 15.5 Å². The van der Waals surface area contributed by atoms with Gasteiger partial charge >= 0.3 is 0 Å². The van der Waals surface area contributed by atoms with Crippen LogP contribution in [0.4, 0.5) is 4.39 Å². The van der Waals surface area contributed by atoms with Crippen molar-refractivity contribution in [3.05, 3.63) is 59.2 Å². The average molecular weight is 317 g/mol. The van der Waals surface area contributed by atoms with Crippen molar-refractivity contribution in [2.45, 2.75) is 25.8 Å². The van der Waals surface area contributed by atoms with Crippen molar-refractivity contribution in [3.63, 3.8) is 0 Å². The van der Waals surface area contributed by atoms with Gasteiger partial charge in [0.05, 0.1) is 18.4 Å². The van der Waals surface area contributed by atoms with Gasteiger partial charge in [-0.2, -0.15) is 4.98 Å². The number of ether oxygens (including phenoxy) is 1. The molecule has 0 saturated carbocycles. The van der Waals surface area contributed by atoms with E-state index >= 15 is 0 Å². The third kappa shape index (κ3) is 3.39. The quantitative estimate of drug-likeness (QED) is 0.937. The Kier molecular flexibility index (Phi) is 4.36. The molecule has 1 N–H and O–H groups in total. The predicted molar refractivity (Wildman–Crippen MR) is 78.7 cm³/mol. The van der Waals surface area contributed by atoms with E-state index in [9.17, 15) is 9.18 Å². The second-order valence-corrected chi connectivity index (χ2v) is 5.22. The van der Waals surface area contributed by atoms with Crippen molar-refractivity contribution in [2.24, 2.45) is 0 Å². The van der Waals surface area contributed by atoms with E-state index in [1.54, 1.807) is 25.1 Å². The molecule has 0 fully saturated rings. The summed E-state index contributed by atoms with van der Waals surface area (Å²) >= 11 is 0. The summed E-state index contributed by atoms with van der Waals surface area (Å²) in [6, 6.07) is 5.34. The zero-order valence-corrected chi connectivity index (χ0v) is 12.6. The molecule has 0 radical (unpaired) electrons. The van der Waals surface area contributed by atoms with Crippen LogP contribution < -0.4 is 5.32 Å². The molecular weight excluding hydrogens is 301 g/mol. The number of carbonyl (C=O) groups is 1. The van der Waals surface area contributed by atoms with E-state index in [0.717, 1.165) is 6.42 Å². The van der Waals surface area contributed by atoms with Gasteiger partial charge in [-0.05, 0) is 18.9 Å². The number of halogens is 1. The molecule has 1 amide bonds. The minimum Gasteiger partial charge on any atom is -0.501 e. The normalized spacial score (nSPS) is 15.5. The summed E-state index contributed by atoms with van der Waals surface area (Å²) < 4.78 is 24.3. The fourth-order valence-electron chi connectivity index (χ4n) is 2.38. The molecular formula is C16H16FN3O3. The zero-order valence-electron chi connectivity index (χ0n) is 12.6. The summed E-state index contributed by atoms with van der Waals surface area (Å²) in [7, 11) is 0. The molecule has 1 aromatic heterocycles. The van der Waals surface area contributed by atoms with Gasteiger partial charge in [0.1, 0.15) is 11.9 Å². The molecule has 0 saturated heterocycles. The predicted octanol–water partition coefficient (Wildman–Crippen LogP) is 2.42. The lowest BCUT2D eigenvalue weighted by molar-refractivity contribution is -0.118. The molecule has 1 aromatic carbocycles. The summed E-state index contributed by atoms with van der Waals surface area (Å²) in [4.78, 5) is 16.5. The highest BCUT2D eigenvalue weighted by atomic mass is 19.1. The van der Waals surface area contributed by atoms with Crippen LogP contribution in [0.3, 0.4) is 0 Å². The highest BCUT2D eigenvalue weighted by molar-refractivity contribution is 5.93. The zero-order chi connectivity index (χ0) is 16.2. The second-order valence-electron chi connectivity index (χ2n) is 5.22. The summed E-state index contributed by atoms with van der Waals surface area (Å²) in [5.74, 6) is -0.233. The number of hydrogen-bond donors (Lipinski definition) is 1. The molecule has 23 heavy (non-hydrogen) atoms. The number of nitrogens with zero attached hydrogens (tertiary/aromatic N) is 2. The van der Waals surface area contributed by atoms with Crippen LogP contribution >= 0.6 is 0 Å². The number of rotatable bonds is 4. The average Bonchev–Trinajstić information content (AvgIpc) is 3.00. The minimum atomic E-state index is -0.830. The third-order valence-electron chi connectivity index (χ3n) is 3.52. The van der Waals surface area contributed by atoms with E-state index in [1.807, 2.05) is 0 Å². The van der Waals surface area contributed by atoms with Crippen LogP contribution in [-0.4, -0.2) is 22.7 Å². The van der Waals surface area contributed by atoms with Crippen molar-refractivity contribution in [1.82, 2.24) is 15.5 Å². The van der Waals surface area contributed by atoms with Gasteiger partial charge in [0.2, 0.25) is 5.89 Å². The molecule has 3 rings (SSSR count). The number of nitrogens with one attached hydrogen (secondary N) is 1. The van der Waals surface area contributed by atoms with Crippen LogP contribution in [0.5, 0.6) is 0 Å². The van der Waals surface area contributed by atoms with E-state index in [4.69, 9.17) is 9.26 Å². The SMILES string of the molecule is Cc1nc(C(NC(=O)C2=COCCC2)c2ccccc2F)no1. The molecule has 120 valence electrons. The van der Waals surface area contributed by atoms with Crippen molar-refractivity contribution < 1.29 is 18.4 Å². The van der Waals surface area contributed by atoms with Gasteiger partial charge in [0.15, 0.2) is 5.82 Å². The number of amides is 1. The van der Waals surface area contributed by atoms with Gasteiger partial charge < -0.3 is 14.6 Å². The van der Waals surface area contributed by atoms with Crippen molar-refractivity contribution in [2.75, 3.05) is 6.61 Å². The number of aryl methyl sites for hydroxylation is 1. The van der Waals surface area contributed by atoms with Crippen molar-refractivity contribution in [3.8, 4) is 0 Å². The van der Waals surface area contributed by atoms with Crippen molar-refractivity contribution in [1.29, 1.82) is 0 Å². The van der Waals surface area contributed by atoms with E-state index in [-0.39, 0.29) is 17.3 Å². The maximum Gasteiger partial charge on any atom is 0.251 e. The summed E-state index contributed by atoms with van der Waals surface area (Å²) in [5, 5.41) is 6.57. The Bertz CT molecular complexity index is 742. The molecule has 2 aromatic rings. The largest absolute Gasteiger partial charge is 0.501 e. The van der Waals surface area contributed by atoms with Gasteiger partial charge in [-0.1, -0.05) is 23.4 Å². The molecule has 1 aliphatic heterocycles. The lowest BCUT2D eigenvalue weighted by atomic mass is 10.0. The van der Waals surface area contributed by atoms with Crippen LogP contribution in [0.25, 0.3) is 0 Å². The maximum atomic E-state index is 14.1. The topological polar surface area (TPSA) is 77.2 Å². The fourth-order valence-corrected chi connectivity index (χ4v) is 2.38. The molecule has 1 atom stereocenters. The first-order valence-electron chi connectivity index (χ1n) is 7.31. The van der Waals surface area contributed by atoms with Gasteiger partial charge in [-0.15, -0.1) is 0 Å². The Balaban J connectivity index is 1.91. The van der Waals surface area contributed by atoms with E-state index in [0.29, 0.717) is 24.5 Å². The highest BCUT2D eigenvalue weighted by Crippen LogP contribution is 2.23. The Morgan fingerprint density at radius 1 is 1.39 bits per heavy atom. The van der Waals surface area contributed by atoms with Crippen molar-refractivity contribution >= 4 is 5.91 Å². The van der Waals surface area contributed by atoms with E-state index < -0.39 is 11.9 Å². The summed E-state index contributed by atoms with van der Waals surface area (Å²) in [5.41, 5.74) is 0.789. The highest BCUT2D eigenvalue weighted by Gasteiger charge is 2.26. The lowest BCUT2D eigenvalue weighted by Gasteiger charge is -2.19. The monoisotopic (exact) mass is 317 g/mol. The van der Waals surface area contributed by atoms with Gasteiger partial charge in [-0.25, -0.2) is 4.39 Å². The fraction of sp³-hybridized carbons (Fsp3) is 0.312. The molecule has 7 heteroatoms. The Labute approximate surface area is 132 Å². The van der Waals surface area contributed by atoms with Gasteiger partial charge in [-0.3, -0.25) is 4.79 Å². The molecule has 0 spiro atoms. The maximum absolute atomic E-state index is 14.1. The number of hydrogen-bond acceptors (Lipinski definition) is 5. The smallest absolute Gasteiger partial charge is 0.251 e. The first-order valence-corrected chi connectivity index (χ1v) is 7.31. The number of benzene rings is 1. The lowest BCUT2D eigenvalue weighted by Crippen LogP contribution is -2.32. The summed E-state index contributed by atoms with van der Waals surface area (Å²) in [6.07, 6.45) is 2.82. The molecule has 0 bridgehead atoms. The molecule has 6 nitrogen and oxygen atoms in total. The molecule has 1 unspecified atom stereocenters. The standard InChI is InChI=1S/C16H16FN3O3/c1-10-18-15(20-23-10)14(12-6-2-3-7-13(12)17)19-16(21)11-5-4-8-22-9-11/h2-3,6-7,9,14H,4-5,8H2,1H3,(H,19,21). The first-order chi connectivity index (χ1) is 11.1. The third-order valence-corrected chi connectivity index (χ3v) is 3.52. The van der Waals surface area contributed by atoms with E-state index in [1.165, 1.54) is 12.3 Å². The van der Waals surface area contributed by atoms with Crippen LogP contribution in [0.15, 0.2) is 40.6 Å². The van der Waals surface area contributed by atoms with Crippen LogP contribution in [0.2, 0.25) is 0 Å². The minimum absolute atomic E-state index is 0.207. The van der Waals surface area contributed by atoms with Crippen LogP contribution in [0, 0.1) is 12.7 Å². The Hall–Kier alpha value is -2.70. The molecule has 1 aliphatic rings. The Morgan fingerprint density at radius 2 is 2.22 bits per heavy atom. The molecule has 2 heterocycles. The van der Waals surface area contributed by atoms with Crippen LogP contribution in [-0.2, 0) is 9.53 Å². The number of carbonyl (C=O) groups excluding carboxylic acids is 1. The van der Waals surface area contributed by atoms with Gasteiger partial charge in [0, 0.05) is 12.5 Å². The van der Waals surface area contributed by atoms with Gasteiger partial charge in [0.25, 0.3) is 5.91 Å². The first kappa shape index (κ1) is 15.2. The van der Waals surface area contributed by atoms with Crippen LogP contribution in [0.1, 0.15) is 36.2 Å². The molecule has 0 aliphatic carbocycles. The Morgan fingerprint density at radius 3 is 2.87 bits per heavy atom. The second kappa shape index (κ2) is 6.60.